The summed E-state index contributed by atoms with van der Waals surface area (Å²) in [6.07, 6.45) is 9.15. The molecule has 2 atom stereocenters. The summed E-state index contributed by atoms with van der Waals surface area (Å²) in [4.78, 5) is 6.88. The summed E-state index contributed by atoms with van der Waals surface area (Å²) in [6, 6.07) is 10.0. The monoisotopic (exact) mass is 267 g/mol. The standard InChI is InChI=1S/C17H21N3/c1-3-13-12-18-8-6-16(13)17(5-1)19-14-7-10-20-9-2-4-15(20)11-14/h1,3,5-6,8,12,14-15,19H,2,4,7,9-11H2. The molecule has 0 saturated carbocycles. The maximum Gasteiger partial charge on any atom is 0.0423 e. The fraction of sp³-hybridized carbons (Fsp3) is 0.471. The molecule has 3 heteroatoms. The third-order valence-corrected chi connectivity index (χ3v) is 4.86. The number of piperidine rings is 1. The highest BCUT2D eigenvalue weighted by Crippen LogP contribution is 2.30. The van der Waals surface area contributed by atoms with Gasteiger partial charge >= 0.3 is 0 Å². The van der Waals surface area contributed by atoms with E-state index in [9.17, 15) is 0 Å². The normalized spacial score (nSPS) is 26.6. The Morgan fingerprint density at radius 1 is 1.15 bits per heavy atom. The van der Waals surface area contributed by atoms with Gasteiger partial charge in [0.05, 0.1) is 0 Å². The van der Waals surface area contributed by atoms with Crippen molar-refractivity contribution in [3.8, 4) is 0 Å². The largest absolute Gasteiger partial charge is 0.382 e. The van der Waals surface area contributed by atoms with E-state index in [1.54, 1.807) is 0 Å². The molecule has 1 aromatic carbocycles. The predicted molar refractivity (Wildman–Crippen MR) is 83.0 cm³/mol. The first-order valence-corrected chi connectivity index (χ1v) is 7.73. The number of pyridine rings is 1. The fourth-order valence-electron chi connectivity index (χ4n) is 3.82. The van der Waals surface area contributed by atoms with Gasteiger partial charge in [0.15, 0.2) is 0 Å². The minimum Gasteiger partial charge on any atom is -0.382 e. The molecule has 2 aliphatic rings. The third-order valence-electron chi connectivity index (χ3n) is 4.86. The molecule has 104 valence electrons. The highest BCUT2D eigenvalue weighted by molar-refractivity contribution is 5.93. The van der Waals surface area contributed by atoms with Crippen molar-refractivity contribution in [2.75, 3.05) is 18.4 Å². The molecule has 2 fully saturated rings. The highest BCUT2D eigenvalue weighted by atomic mass is 15.2. The molecule has 1 aromatic heterocycles. The lowest BCUT2D eigenvalue weighted by Gasteiger charge is -2.35. The summed E-state index contributed by atoms with van der Waals surface area (Å²) in [5.41, 5.74) is 1.27. The van der Waals surface area contributed by atoms with Crippen LogP contribution in [0.1, 0.15) is 25.7 Å². The van der Waals surface area contributed by atoms with E-state index in [2.05, 4.69) is 39.5 Å². The first kappa shape index (κ1) is 12.2. The van der Waals surface area contributed by atoms with E-state index in [-0.39, 0.29) is 0 Å². The first-order valence-electron chi connectivity index (χ1n) is 7.73. The molecule has 0 radical (unpaired) electrons. The van der Waals surface area contributed by atoms with Gasteiger partial charge in [-0.25, -0.2) is 0 Å². The van der Waals surface area contributed by atoms with Gasteiger partial charge in [-0.05, 0) is 44.4 Å². The van der Waals surface area contributed by atoms with Crippen LogP contribution in [-0.2, 0) is 0 Å². The Morgan fingerprint density at radius 3 is 3.15 bits per heavy atom. The average molecular weight is 267 g/mol. The van der Waals surface area contributed by atoms with E-state index >= 15 is 0 Å². The Labute approximate surface area is 120 Å². The molecule has 0 bridgehead atoms. The molecule has 2 aromatic rings. The van der Waals surface area contributed by atoms with Gasteiger partial charge < -0.3 is 10.2 Å². The number of nitrogens with zero attached hydrogens (tertiary/aromatic N) is 2. The molecule has 3 heterocycles. The average Bonchev–Trinajstić information content (AvgIpc) is 2.95. The van der Waals surface area contributed by atoms with Crippen molar-refractivity contribution >= 4 is 16.5 Å². The number of aromatic nitrogens is 1. The summed E-state index contributed by atoms with van der Waals surface area (Å²) in [7, 11) is 0. The van der Waals surface area contributed by atoms with Crippen molar-refractivity contribution in [1.82, 2.24) is 9.88 Å². The molecule has 1 N–H and O–H groups in total. The number of hydrogen-bond acceptors (Lipinski definition) is 3. The highest BCUT2D eigenvalue weighted by Gasteiger charge is 2.31. The Morgan fingerprint density at radius 2 is 2.15 bits per heavy atom. The van der Waals surface area contributed by atoms with Crippen molar-refractivity contribution in [3.63, 3.8) is 0 Å². The summed E-state index contributed by atoms with van der Waals surface area (Å²) in [5, 5.41) is 6.29. The minimum absolute atomic E-state index is 0.619. The molecule has 0 amide bonds. The van der Waals surface area contributed by atoms with Crippen molar-refractivity contribution < 1.29 is 0 Å². The summed E-state index contributed by atoms with van der Waals surface area (Å²) < 4.78 is 0. The Bertz CT molecular complexity index is 605. The Kier molecular flexibility index (Phi) is 3.07. The first-order chi connectivity index (χ1) is 9.90. The number of anilines is 1. The van der Waals surface area contributed by atoms with Crippen LogP contribution in [-0.4, -0.2) is 35.1 Å². The van der Waals surface area contributed by atoms with Gasteiger partial charge in [-0.1, -0.05) is 12.1 Å². The van der Waals surface area contributed by atoms with Gasteiger partial charge in [0.2, 0.25) is 0 Å². The lowest BCUT2D eigenvalue weighted by molar-refractivity contribution is 0.188. The van der Waals surface area contributed by atoms with Crippen LogP contribution in [0.4, 0.5) is 5.69 Å². The van der Waals surface area contributed by atoms with Crippen LogP contribution in [0.5, 0.6) is 0 Å². The van der Waals surface area contributed by atoms with Gasteiger partial charge in [-0.15, -0.1) is 0 Å². The van der Waals surface area contributed by atoms with E-state index < -0.39 is 0 Å². The van der Waals surface area contributed by atoms with Gasteiger partial charge in [0, 0.05) is 47.5 Å². The number of nitrogens with one attached hydrogen (secondary N) is 1. The number of benzene rings is 1. The van der Waals surface area contributed by atoms with E-state index in [1.807, 2.05) is 12.4 Å². The molecule has 20 heavy (non-hydrogen) atoms. The summed E-state index contributed by atoms with van der Waals surface area (Å²) in [6.45, 7) is 2.58. The molecular formula is C17H21N3. The number of hydrogen-bond donors (Lipinski definition) is 1. The zero-order valence-corrected chi connectivity index (χ0v) is 11.8. The van der Waals surface area contributed by atoms with Crippen molar-refractivity contribution in [2.45, 2.75) is 37.8 Å². The van der Waals surface area contributed by atoms with Crippen LogP contribution in [0.3, 0.4) is 0 Å². The number of fused-ring (bicyclic) bond motifs is 2. The SMILES string of the molecule is c1cc(NC2CCN3CCCC3C2)c2ccncc2c1. The molecule has 2 unspecified atom stereocenters. The second-order valence-corrected chi connectivity index (χ2v) is 6.10. The van der Waals surface area contributed by atoms with Crippen LogP contribution < -0.4 is 5.32 Å². The lowest BCUT2D eigenvalue weighted by atomic mass is 9.97. The third kappa shape index (κ3) is 2.16. The van der Waals surface area contributed by atoms with Crippen LogP contribution in [0, 0.1) is 0 Å². The zero-order chi connectivity index (χ0) is 13.4. The molecule has 2 saturated heterocycles. The molecular weight excluding hydrogens is 246 g/mol. The topological polar surface area (TPSA) is 28.2 Å². The second-order valence-electron chi connectivity index (χ2n) is 6.10. The quantitative estimate of drug-likeness (QED) is 0.905. The molecule has 4 rings (SSSR count). The van der Waals surface area contributed by atoms with E-state index in [4.69, 9.17) is 0 Å². The van der Waals surface area contributed by atoms with Gasteiger partial charge in [0.1, 0.15) is 0 Å². The van der Waals surface area contributed by atoms with Gasteiger partial charge in [-0.3, -0.25) is 4.98 Å². The van der Waals surface area contributed by atoms with Gasteiger partial charge in [0.25, 0.3) is 0 Å². The maximum atomic E-state index is 4.21. The van der Waals surface area contributed by atoms with Gasteiger partial charge in [-0.2, -0.15) is 0 Å². The maximum absolute atomic E-state index is 4.21. The van der Waals surface area contributed by atoms with Crippen molar-refractivity contribution in [1.29, 1.82) is 0 Å². The smallest absolute Gasteiger partial charge is 0.0423 e. The van der Waals surface area contributed by atoms with Crippen LogP contribution >= 0.6 is 0 Å². The number of rotatable bonds is 2. The fourth-order valence-corrected chi connectivity index (χ4v) is 3.82. The molecule has 0 aliphatic carbocycles. The van der Waals surface area contributed by atoms with Crippen molar-refractivity contribution in [2.24, 2.45) is 0 Å². The second kappa shape index (κ2) is 5.06. The minimum atomic E-state index is 0.619. The zero-order valence-electron chi connectivity index (χ0n) is 11.8. The van der Waals surface area contributed by atoms with Crippen molar-refractivity contribution in [3.05, 3.63) is 36.7 Å². The molecule has 3 nitrogen and oxygen atoms in total. The van der Waals surface area contributed by atoms with E-state index in [1.165, 1.54) is 55.2 Å². The van der Waals surface area contributed by atoms with Crippen LogP contribution in [0.15, 0.2) is 36.7 Å². The summed E-state index contributed by atoms with van der Waals surface area (Å²) in [5.74, 6) is 0. The predicted octanol–water partition coefficient (Wildman–Crippen LogP) is 3.27. The Balaban J connectivity index is 1.56. The van der Waals surface area contributed by atoms with E-state index in [0.717, 1.165) is 6.04 Å². The van der Waals surface area contributed by atoms with E-state index in [0.29, 0.717) is 6.04 Å². The lowest BCUT2D eigenvalue weighted by Crippen LogP contribution is -2.42. The summed E-state index contributed by atoms with van der Waals surface area (Å²) >= 11 is 0. The molecule has 2 aliphatic heterocycles. The van der Waals surface area contributed by atoms with Crippen LogP contribution in [0.2, 0.25) is 0 Å². The van der Waals surface area contributed by atoms with Crippen LogP contribution in [0.25, 0.3) is 10.8 Å². The molecule has 0 spiro atoms. The Hall–Kier alpha value is -1.61.